The van der Waals surface area contributed by atoms with Gasteiger partial charge in [-0.2, -0.15) is 0 Å². The van der Waals surface area contributed by atoms with Crippen molar-refractivity contribution in [1.82, 2.24) is 0 Å². The predicted octanol–water partition coefficient (Wildman–Crippen LogP) is 0.473. The van der Waals surface area contributed by atoms with Gasteiger partial charge in [-0.05, 0) is 6.92 Å². The van der Waals surface area contributed by atoms with Crippen molar-refractivity contribution in [2.45, 2.75) is 6.92 Å². The Morgan fingerprint density at radius 3 is 2.50 bits per heavy atom. The van der Waals surface area contributed by atoms with Gasteiger partial charge < -0.3 is 10.5 Å². The van der Waals surface area contributed by atoms with E-state index in [2.05, 4.69) is 6.58 Å². The van der Waals surface area contributed by atoms with Crippen LogP contribution in [0.25, 0.3) is 0 Å². The summed E-state index contributed by atoms with van der Waals surface area (Å²) in [5, 5.41) is 6.76. The van der Waals surface area contributed by atoms with Crippen molar-refractivity contribution in [3.8, 4) is 0 Å². The first-order valence-corrected chi connectivity index (χ1v) is 2.34. The maximum atomic E-state index is 6.76. The van der Waals surface area contributed by atoms with Gasteiger partial charge in [0.1, 0.15) is 0 Å². The average Bonchev–Trinajstić information content (AvgIpc) is 1.67. The lowest BCUT2D eigenvalue weighted by Crippen LogP contribution is -2.13. The van der Waals surface area contributed by atoms with Gasteiger partial charge in [0.05, 0.1) is 6.61 Å². The van der Waals surface area contributed by atoms with Crippen LogP contribution in [0.15, 0.2) is 12.3 Å². The van der Waals surface area contributed by atoms with E-state index in [0.29, 0.717) is 6.61 Å². The fourth-order valence-corrected chi connectivity index (χ4v) is 0.252. The largest absolute Gasteiger partial charge is 0.491 e. The second kappa shape index (κ2) is 3.07. The van der Waals surface area contributed by atoms with E-state index in [1.54, 1.807) is 0 Å². The molecule has 0 aliphatic heterocycles. The molecule has 3 nitrogen and oxygen atoms in total. The molecule has 0 atom stereocenters. The predicted molar refractivity (Wildman–Crippen MR) is 32.7 cm³/mol. The van der Waals surface area contributed by atoms with Gasteiger partial charge in [-0.15, -0.1) is 0 Å². The van der Waals surface area contributed by atoms with E-state index in [1.165, 1.54) is 0 Å². The summed E-state index contributed by atoms with van der Waals surface area (Å²) in [7, 11) is 0. The van der Waals surface area contributed by atoms with Crippen LogP contribution in [0.2, 0.25) is 0 Å². The van der Waals surface area contributed by atoms with Crippen molar-refractivity contribution in [3.05, 3.63) is 12.3 Å². The quantitative estimate of drug-likeness (QED) is 0.318. The third kappa shape index (κ3) is 2.23. The van der Waals surface area contributed by atoms with Gasteiger partial charge in [0, 0.05) is 0 Å². The van der Waals surface area contributed by atoms with E-state index in [0.717, 1.165) is 0 Å². The minimum Gasteiger partial charge on any atom is -0.491 e. The number of nitrogens with one attached hydrogen (secondary N) is 1. The molecule has 0 aromatic carbocycles. The maximum Gasteiger partial charge on any atom is 0.158 e. The molecule has 0 rings (SSSR count). The topological polar surface area (TPSA) is 59.1 Å². The van der Waals surface area contributed by atoms with Crippen molar-refractivity contribution in [3.63, 3.8) is 0 Å². The monoisotopic (exact) mass is 114 g/mol. The molecule has 0 saturated heterocycles. The number of rotatable bonds is 3. The van der Waals surface area contributed by atoms with Crippen LogP contribution in [0.1, 0.15) is 6.92 Å². The van der Waals surface area contributed by atoms with Crippen LogP contribution in [0, 0.1) is 5.41 Å². The van der Waals surface area contributed by atoms with Gasteiger partial charge in [0.2, 0.25) is 0 Å². The highest BCUT2D eigenvalue weighted by molar-refractivity contribution is 5.91. The van der Waals surface area contributed by atoms with Crippen LogP contribution in [-0.2, 0) is 4.74 Å². The molecule has 3 N–H and O–H groups in total. The molecular weight excluding hydrogens is 104 g/mol. The molecule has 0 unspecified atom stereocenters. The summed E-state index contributed by atoms with van der Waals surface area (Å²) in [6, 6.07) is 0. The Morgan fingerprint density at radius 2 is 2.38 bits per heavy atom. The van der Waals surface area contributed by atoms with Crippen LogP contribution in [-0.4, -0.2) is 12.4 Å². The summed E-state index contributed by atoms with van der Waals surface area (Å²) in [6.45, 7) is 5.70. The zero-order valence-corrected chi connectivity index (χ0v) is 4.90. The van der Waals surface area contributed by atoms with Crippen molar-refractivity contribution >= 4 is 5.84 Å². The van der Waals surface area contributed by atoms with Gasteiger partial charge in [-0.1, -0.05) is 6.58 Å². The second-order valence-electron chi connectivity index (χ2n) is 1.27. The number of hydrogen-bond donors (Lipinski definition) is 2. The summed E-state index contributed by atoms with van der Waals surface area (Å²) in [4.78, 5) is 0. The van der Waals surface area contributed by atoms with Crippen molar-refractivity contribution in [1.29, 1.82) is 5.41 Å². The molecule has 0 spiro atoms. The first-order valence-electron chi connectivity index (χ1n) is 2.34. The lowest BCUT2D eigenvalue weighted by Gasteiger charge is -2.01. The first-order chi connectivity index (χ1) is 3.68. The highest BCUT2D eigenvalue weighted by Gasteiger charge is 1.92. The maximum absolute atomic E-state index is 6.76. The van der Waals surface area contributed by atoms with Crippen molar-refractivity contribution in [2.24, 2.45) is 5.73 Å². The molecule has 0 aromatic heterocycles. The first kappa shape index (κ1) is 7.01. The smallest absolute Gasteiger partial charge is 0.158 e. The molecule has 0 aromatic rings. The van der Waals surface area contributed by atoms with E-state index < -0.39 is 0 Å². The van der Waals surface area contributed by atoms with Gasteiger partial charge in [0.25, 0.3) is 0 Å². The molecule has 0 saturated carbocycles. The molecule has 0 heterocycles. The van der Waals surface area contributed by atoms with E-state index in [9.17, 15) is 0 Å². The lowest BCUT2D eigenvalue weighted by atomic mass is 10.5. The van der Waals surface area contributed by atoms with Gasteiger partial charge in [0.15, 0.2) is 11.6 Å². The fourth-order valence-electron chi connectivity index (χ4n) is 0.252. The molecule has 8 heavy (non-hydrogen) atoms. The molecular formula is C5H10N2O. The van der Waals surface area contributed by atoms with Crippen LogP contribution < -0.4 is 5.73 Å². The number of nitrogens with two attached hydrogens (primary N) is 1. The van der Waals surface area contributed by atoms with E-state index in [-0.39, 0.29) is 11.6 Å². The average molecular weight is 114 g/mol. The van der Waals surface area contributed by atoms with Gasteiger partial charge in [-0.25, -0.2) is 0 Å². The SMILES string of the molecule is C=C(OCC)C(=N)N. The summed E-state index contributed by atoms with van der Waals surface area (Å²) in [5.41, 5.74) is 4.98. The Labute approximate surface area is 48.6 Å². The van der Waals surface area contributed by atoms with E-state index in [4.69, 9.17) is 15.9 Å². The van der Waals surface area contributed by atoms with Crippen LogP contribution >= 0.6 is 0 Å². The number of ether oxygens (including phenoxy) is 1. The molecule has 0 aliphatic carbocycles. The molecule has 0 fully saturated rings. The summed E-state index contributed by atoms with van der Waals surface area (Å²) >= 11 is 0. The Morgan fingerprint density at radius 1 is 1.88 bits per heavy atom. The highest BCUT2D eigenvalue weighted by Crippen LogP contribution is 1.88. The summed E-state index contributed by atoms with van der Waals surface area (Å²) in [6.07, 6.45) is 0. The lowest BCUT2D eigenvalue weighted by molar-refractivity contribution is 0.250. The minimum absolute atomic E-state index is 0.105. The summed E-state index contributed by atoms with van der Waals surface area (Å²) in [5.74, 6) is 0.138. The van der Waals surface area contributed by atoms with E-state index in [1.807, 2.05) is 6.92 Å². The zero-order chi connectivity index (χ0) is 6.57. The molecule has 0 bridgehead atoms. The van der Waals surface area contributed by atoms with Crippen molar-refractivity contribution in [2.75, 3.05) is 6.61 Å². The molecule has 3 heteroatoms. The third-order valence-electron chi connectivity index (χ3n) is 0.619. The van der Waals surface area contributed by atoms with E-state index >= 15 is 0 Å². The third-order valence-corrected chi connectivity index (χ3v) is 0.619. The van der Waals surface area contributed by atoms with Crippen LogP contribution in [0.3, 0.4) is 0 Å². The minimum atomic E-state index is -0.105. The second-order valence-corrected chi connectivity index (χ2v) is 1.27. The van der Waals surface area contributed by atoms with Gasteiger partial charge >= 0.3 is 0 Å². The molecule has 0 amide bonds. The van der Waals surface area contributed by atoms with Crippen LogP contribution in [0.4, 0.5) is 0 Å². The standard InChI is InChI=1S/C5H10N2O/c1-3-8-4(2)5(6)7/h2-3H2,1H3,(H3,6,7). The molecule has 46 valence electrons. The Kier molecular flexibility index (Phi) is 2.69. The summed E-state index contributed by atoms with van der Waals surface area (Å²) < 4.78 is 4.76. The Balaban J connectivity index is 3.49. The van der Waals surface area contributed by atoms with Crippen LogP contribution in [0.5, 0.6) is 0 Å². The fraction of sp³-hybridized carbons (Fsp3) is 0.400. The molecule has 0 aliphatic rings. The molecule has 0 radical (unpaired) electrons. The number of hydrogen-bond acceptors (Lipinski definition) is 2. The Hall–Kier alpha value is -0.990. The number of amidine groups is 1. The van der Waals surface area contributed by atoms with Gasteiger partial charge in [-0.3, -0.25) is 5.41 Å². The zero-order valence-electron chi connectivity index (χ0n) is 4.90. The Bertz CT molecular complexity index is 109. The highest BCUT2D eigenvalue weighted by atomic mass is 16.5. The van der Waals surface area contributed by atoms with Crippen molar-refractivity contribution < 1.29 is 4.74 Å². The normalized spacial score (nSPS) is 8.12.